The molecule has 2 aliphatic rings. The SMILES string of the molecule is COc1cccc([C@H](CNC(=O)C2CCN(C(=O)c3ccc(Cl)cc3)CC2)N2CCCC2)c1. The van der Waals surface area contributed by atoms with Gasteiger partial charge >= 0.3 is 0 Å². The van der Waals surface area contributed by atoms with E-state index in [0.717, 1.165) is 18.8 Å². The molecule has 6 nitrogen and oxygen atoms in total. The van der Waals surface area contributed by atoms with E-state index in [2.05, 4.69) is 22.3 Å². The van der Waals surface area contributed by atoms with E-state index in [1.165, 1.54) is 18.4 Å². The van der Waals surface area contributed by atoms with E-state index in [-0.39, 0.29) is 23.8 Å². The summed E-state index contributed by atoms with van der Waals surface area (Å²) in [4.78, 5) is 30.0. The molecule has 2 aromatic rings. The first kappa shape index (κ1) is 23.6. The Bertz CT molecular complexity index is 952. The van der Waals surface area contributed by atoms with Crippen LogP contribution in [0.25, 0.3) is 0 Å². The molecule has 176 valence electrons. The summed E-state index contributed by atoms with van der Waals surface area (Å²) in [7, 11) is 1.68. The summed E-state index contributed by atoms with van der Waals surface area (Å²) in [6, 6.07) is 15.2. The molecule has 0 radical (unpaired) electrons. The zero-order chi connectivity index (χ0) is 23.2. The number of carbonyl (C=O) groups excluding carboxylic acids is 2. The van der Waals surface area contributed by atoms with Gasteiger partial charge in [-0.2, -0.15) is 0 Å². The molecule has 1 N–H and O–H groups in total. The van der Waals surface area contributed by atoms with E-state index in [4.69, 9.17) is 16.3 Å². The summed E-state index contributed by atoms with van der Waals surface area (Å²) < 4.78 is 5.41. The summed E-state index contributed by atoms with van der Waals surface area (Å²) in [5, 5.41) is 3.82. The predicted molar refractivity (Wildman–Crippen MR) is 130 cm³/mol. The van der Waals surface area contributed by atoms with Gasteiger partial charge in [0.15, 0.2) is 0 Å². The van der Waals surface area contributed by atoms with Crippen molar-refractivity contribution in [2.24, 2.45) is 5.92 Å². The van der Waals surface area contributed by atoms with Crippen LogP contribution < -0.4 is 10.1 Å². The van der Waals surface area contributed by atoms with Crippen LogP contribution in [0.3, 0.4) is 0 Å². The molecule has 0 aliphatic carbocycles. The molecule has 2 fully saturated rings. The Morgan fingerprint density at radius 1 is 1.06 bits per heavy atom. The molecule has 0 aromatic heterocycles. The van der Waals surface area contributed by atoms with Gasteiger partial charge in [-0.15, -0.1) is 0 Å². The van der Waals surface area contributed by atoms with E-state index in [0.29, 0.717) is 43.1 Å². The van der Waals surface area contributed by atoms with Gasteiger partial charge < -0.3 is 15.0 Å². The van der Waals surface area contributed by atoms with E-state index >= 15 is 0 Å². The third kappa shape index (κ3) is 5.87. The maximum absolute atomic E-state index is 13.0. The number of likely N-dealkylation sites (tertiary alicyclic amines) is 2. The molecular formula is C26H32ClN3O3. The number of rotatable bonds is 7. The van der Waals surface area contributed by atoms with Gasteiger partial charge in [0.25, 0.3) is 5.91 Å². The van der Waals surface area contributed by atoms with Crippen LogP contribution in [0.2, 0.25) is 5.02 Å². The Labute approximate surface area is 200 Å². The highest BCUT2D eigenvalue weighted by Crippen LogP contribution is 2.28. The first-order valence-corrected chi connectivity index (χ1v) is 12.1. The average Bonchev–Trinajstić information content (AvgIpc) is 3.39. The maximum Gasteiger partial charge on any atom is 0.253 e. The van der Waals surface area contributed by atoms with Crippen LogP contribution in [0.5, 0.6) is 5.75 Å². The number of ether oxygens (including phenoxy) is 1. The molecule has 2 saturated heterocycles. The van der Waals surface area contributed by atoms with Gasteiger partial charge in [0.05, 0.1) is 13.2 Å². The Kier molecular flexibility index (Phi) is 7.89. The van der Waals surface area contributed by atoms with Crippen LogP contribution in [0.4, 0.5) is 0 Å². The summed E-state index contributed by atoms with van der Waals surface area (Å²) in [6.07, 6.45) is 3.74. The fourth-order valence-corrected chi connectivity index (χ4v) is 4.95. The molecule has 0 spiro atoms. The van der Waals surface area contributed by atoms with Crippen LogP contribution in [0.1, 0.15) is 47.6 Å². The van der Waals surface area contributed by atoms with Crippen LogP contribution >= 0.6 is 11.6 Å². The highest BCUT2D eigenvalue weighted by molar-refractivity contribution is 6.30. The molecule has 33 heavy (non-hydrogen) atoms. The summed E-state index contributed by atoms with van der Waals surface area (Å²) in [5.41, 5.74) is 1.80. The lowest BCUT2D eigenvalue weighted by Gasteiger charge is -2.33. The van der Waals surface area contributed by atoms with Crippen LogP contribution in [0.15, 0.2) is 48.5 Å². The summed E-state index contributed by atoms with van der Waals surface area (Å²) in [5.74, 6) is 0.850. The Morgan fingerprint density at radius 3 is 2.42 bits per heavy atom. The van der Waals surface area contributed by atoms with E-state index in [1.54, 1.807) is 31.4 Å². The lowest BCUT2D eigenvalue weighted by Crippen LogP contribution is -2.44. The first-order chi connectivity index (χ1) is 16.0. The smallest absolute Gasteiger partial charge is 0.253 e. The van der Waals surface area contributed by atoms with Crippen molar-refractivity contribution in [2.75, 3.05) is 39.8 Å². The van der Waals surface area contributed by atoms with Gasteiger partial charge in [-0.25, -0.2) is 0 Å². The minimum atomic E-state index is -0.0659. The van der Waals surface area contributed by atoms with Crippen molar-refractivity contribution in [2.45, 2.75) is 31.7 Å². The maximum atomic E-state index is 13.0. The third-order valence-corrected chi connectivity index (χ3v) is 7.03. The van der Waals surface area contributed by atoms with E-state index in [1.807, 2.05) is 17.0 Å². The van der Waals surface area contributed by atoms with Gasteiger partial charge in [0.2, 0.25) is 5.91 Å². The van der Waals surface area contributed by atoms with Crippen LogP contribution in [-0.4, -0.2) is 61.4 Å². The molecule has 4 rings (SSSR count). The van der Waals surface area contributed by atoms with Crippen molar-refractivity contribution in [3.63, 3.8) is 0 Å². The normalized spacial score (nSPS) is 18.2. The predicted octanol–water partition coefficient (Wildman–Crippen LogP) is 4.15. The molecule has 2 aliphatic heterocycles. The first-order valence-electron chi connectivity index (χ1n) is 11.8. The van der Waals surface area contributed by atoms with Crippen molar-refractivity contribution in [1.29, 1.82) is 0 Å². The average molecular weight is 470 g/mol. The zero-order valence-corrected chi connectivity index (χ0v) is 19.9. The van der Waals surface area contributed by atoms with Gasteiger partial charge in [0, 0.05) is 36.1 Å². The van der Waals surface area contributed by atoms with Crippen molar-refractivity contribution in [1.82, 2.24) is 15.1 Å². The van der Waals surface area contributed by atoms with Gasteiger partial charge in [-0.1, -0.05) is 23.7 Å². The molecule has 0 unspecified atom stereocenters. The lowest BCUT2D eigenvalue weighted by molar-refractivity contribution is -0.126. The summed E-state index contributed by atoms with van der Waals surface area (Å²) >= 11 is 5.93. The second-order valence-corrected chi connectivity index (χ2v) is 9.29. The minimum Gasteiger partial charge on any atom is -0.497 e. The number of benzene rings is 2. The third-order valence-electron chi connectivity index (χ3n) is 6.77. The second-order valence-electron chi connectivity index (χ2n) is 8.85. The number of piperidine rings is 1. The number of halogens is 1. The number of nitrogens with zero attached hydrogens (tertiary/aromatic N) is 2. The van der Waals surface area contributed by atoms with Gasteiger partial charge in [-0.05, 0) is 80.7 Å². The molecule has 2 aromatic carbocycles. The van der Waals surface area contributed by atoms with E-state index < -0.39 is 0 Å². The Balaban J connectivity index is 1.32. The highest BCUT2D eigenvalue weighted by Gasteiger charge is 2.29. The lowest BCUT2D eigenvalue weighted by atomic mass is 9.95. The highest BCUT2D eigenvalue weighted by atomic mass is 35.5. The van der Waals surface area contributed by atoms with Crippen LogP contribution in [0, 0.1) is 5.92 Å². The van der Waals surface area contributed by atoms with Gasteiger partial charge in [0.1, 0.15) is 5.75 Å². The molecular weight excluding hydrogens is 438 g/mol. The van der Waals surface area contributed by atoms with Crippen molar-refractivity contribution < 1.29 is 14.3 Å². The number of nitrogens with one attached hydrogen (secondary N) is 1. The molecule has 7 heteroatoms. The van der Waals surface area contributed by atoms with Crippen LogP contribution in [-0.2, 0) is 4.79 Å². The number of hydrogen-bond donors (Lipinski definition) is 1. The van der Waals surface area contributed by atoms with Crippen molar-refractivity contribution in [3.05, 3.63) is 64.7 Å². The topological polar surface area (TPSA) is 61.9 Å². The Morgan fingerprint density at radius 2 is 1.76 bits per heavy atom. The molecule has 2 heterocycles. The quantitative estimate of drug-likeness (QED) is 0.661. The number of amides is 2. The summed E-state index contributed by atoms with van der Waals surface area (Å²) in [6.45, 7) is 3.85. The molecule has 2 amide bonds. The van der Waals surface area contributed by atoms with Crippen molar-refractivity contribution in [3.8, 4) is 5.75 Å². The number of carbonyl (C=O) groups is 2. The molecule has 1 atom stereocenters. The Hall–Kier alpha value is -2.57. The fourth-order valence-electron chi connectivity index (χ4n) is 4.82. The van der Waals surface area contributed by atoms with E-state index in [9.17, 15) is 9.59 Å². The van der Waals surface area contributed by atoms with Crippen molar-refractivity contribution >= 4 is 23.4 Å². The largest absolute Gasteiger partial charge is 0.497 e. The van der Waals surface area contributed by atoms with Gasteiger partial charge in [-0.3, -0.25) is 14.5 Å². The number of hydrogen-bond acceptors (Lipinski definition) is 4. The fraction of sp³-hybridized carbons (Fsp3) is 0.462. The zero-order valence-electron chi connectivity index (χ0n) is 19.1. The monoisotopic (exact) mass is 469 g/mol. The molecule has 0 saturated carbocycles. The minimum absolute atomic E-state index is 0.00218. The standard InChI is InChI=1S/C26H32ClN3O3/c1-33-23-6-4-5-21(17-23)24(29-13-2-3-14-29)18-28-25(31)19-11-15-30(16-12-19)26(32)20-7-9-22(27)10-8-20/h4-10,17,19,24H,2-3,11-16,18H2,1H3,(H,28,31)/t24-/m0/s1. The molecule has 0 bridgehead atoms. The number of methoxy groups -OCH3 is 1. The second kappa shape index (κ2) is 11.0.